The third-order valence-corrected chi connectivity index (χ3v) is 3.70. The van der Waals surface area contributed by atoms with E-state index >= 15 is 0 Å². The molecule has 1 aromatic carbocycles. The van der Waals surface area contributed by atoms with Gasteiger partial charge in [-0.2, -0.15) is 13.2 Å². The number of aromatic nitrogens is 2. The maximum atomic E-state index is 13.4. The standard InChI is InChI=1S/C15H13F4N3O/c16-10-3-1-2-9(6-10)12-7-11(23)8-22(12)14-20-5-4-13(21-14)15(17,18)19/h1-6,11-12,23H,7-8H2/t11-,12-/m1/s1. The van der Waals surface area contributed by atoms with Crippen LogP contribution in [0.25, 0.3) is 0 Å². The van der Waals surface area contributed by atoms with Crippen LogP contribution in [-0.4, -0.2) is 27.7 Å². The van der Waals surface area contributed by atoms with Gasteiger partial charge in [0, 0.05) is 12.7 Å². The first-order chi connectivity index (χ1) is 10.8. The van der Waals surface area contributed by atoms with Crippen LogP contribution in [0.1, 0.15) is 23.7 Å². The van der Waals surface area contributed by atoms with Gasteiger partial charge in [-0.15, -0.1) is 0 Å². The molecular weight excluding hydrogens is 314 g/mol. The molecule has 3 rings (SSSR count). The maximum Gasteiger partial charge on any atom is 0.433 e. The smallest absolute Gasteiger partial charge is 0.391 e. The molecule has 2 heterocycles. The quantitative estimate of drug-likeness (QED) is 0.862. The minimum absolute atomic E-state index is 0.0858. The summed E-state index contributed by atoms with van der Waals surface area (Å²) in [4.78, 5) is 8.89. The highest BCUT2D eigenvalue weighted by molar-refractivity contribution is 5.40. The van der Waals surface area contributed by atoms with E-state index in [-0.39, 0.29) is 18.9 Å². The number of halogens is 4. The number of aliphatic hydroxyl groups is 1. The fourth-order valence-corrected chi connectivity index (χ4v) is 2.71. The van der Waals surface area contributed by atoms with E-state index in [1.807, 2.05) is 0 Å². The summed E-state index contributed by atoms with van der Waals surface area (Å²) >= 11 is 0. The maximum absolute atomic E-state index is 13.4. The lowest BCUT2D eigenvalue weighted by Crippen LogP contribution is -2.27. The third kappa shape index (κ3) is 3.26. The molecule has 1 fully saturated rings. The normalized spacial score (nSPS) is 21.7. The predicted molar refractivity (Wildman–Crippen MR) is 74.1 cm³/mol. The van der Waals surface area contributed by atoms with Gasteiger partial charge < -0.3 is 10.0 Å². The Bertz CT molecular complexity index is 707. The van der Waals surface area contributed by atoms with Crippen molar-refractivity contribution in [3.63, 3.8) is 0 Å². The lowest BCUT2D eigenvalue weighted by molar-refractivity contribution is -0.141. The van der Waals surface area contributed by atoms with Crippen LogP contribution in [-0.2, 0) is 6.18 Å². The SMILES string of the molecule is O[C@@H]1C[C@H](c2cccc(F)c2)N(c2nccc(C(F)(F)F)n2)C1. The van der Waals surface area contributed by atoms with Crippen LogP contribution < -0.4 is 4.90 Å². The third-order valence-electron chi connectivity index (χ3n) is 3.70. The van der Waals surface area contributed by atoms with Gasteiger partial charge in [0.15, 0.2) is 0 Å². The first-order valence-corrected chi connectivity index (χ1v) is 6.95. The lowest BCUT2D eigenvalue weighted by Gasteiger charge is -2.25. The molecule has 23 heavy (non-hydrogen) atoms. The molecule has 1 aliphatic rings. The molecule has 0 spiro atoms. The fraction of sp³-hybridized carbons (Fsp3) is 0.333. The minimum atomic E-state index is -4.58. The summed E-state index contributed by atoms with van der Waals surface area (Å²) in [5.74, 6) is -0.584. The Hall–Kier alpha value is -2.22. The molecule has 1 saturated heterocycles. The van der Waals surface area contributed by atoms with E-state index in [4.69, 9.17) is 0 Å². The van der Waals surface area contributed by atoms with Crippen molar-refractivity contribution < 1.29 is 22.7 Å². The summed E-state index contributed by atoms with van der Waals surface area (Å²) in [6, 6.07) is 6.05. The van der Waals surface area contributed by atoms with Crippen LogP contribution in [0, 0.1) is 5.82 Å². The van der Waals surface area contributed by atoms with Crippen molar-refractivity contribution in [3.05, 3.63) is 53.6 Å². The predicted octanol–water partition coefficient (Wildman–Crippen LogP) is 2.95. The monoisotopic (exact) mass is 327 g/mol. The van der Waals surface area contributed by atoms with E-state index in [1.165, 1.54) is 23.1 Å². The van der Waals surface area contributed by atoms with E-state index in [0.717, 1.165) is 12.3 Å². The highest BCUT2D eigenvalue weighted by Gasteiger charge is 2.37. The van der Waals surface area contributed by atoms with Gasteiger partial charge in [0.25, 0.3) is 0 Å². The molecule has 0 bridgehead atoms. The van der Waals surface area contributed by atoms with Gasteiger partial charge in [-0.3, -0.25) is 0 Å². The van der Waals surface area contributed by atoms with Gasteiger partial charge in [0.05, 0.1) is 12.1 Å². The zero-order chi connectivity index (χ0) is 16.6. The fourth-order valence-electron chi connectivity index (χ4n) is 2.71. The number of anilines is 1. The second kappa shape index (κ2) is 5.77. The minimum Gasteiger partial charge on any atom is -0.391 e. The number of nitrogens with zero attached hydrogens (tertiary/aromatic N) is 3. The molecule has 122 valence electrons. The summed E-state index contributed by atoms with van der Waals surface area (Å²) in [5, 5.41) is 9.88. The van der Waals surface area contributed by atoms with Crippen LogP contribution in [0.3, 0.4) is 0 Å². The first kappa shape index (κ1) is 15.7. The van der Waals surface area contributed by atoms with Crippen LogP contribution >= 0.6 is 0 Å². The zero-order valence-electron chi connectivity index (χ0n) is 11.8. The molecule has 0 aliphatic carbocycles. The van der Waals surface area contributed by atoms with Gasteiger partial charge in [-0.05, 0) is 30.2 Å². The van der Waals surface area contributed by atoms with Gasteiger partial charge in [-0.25, -0.2) is 14.4 Å². The number of hydrogen-bond acceptors (Lipinski definition) is 4. The molecule has 4 nitrogen and oxygen atoms in total. The molecule has 1 aromatic heterocycles. The van der Waals surface area contributed by atoms with Crippen LogP contribution in [0.5, 0.6) is 0 Å². The van der Waals surface area contributed by atoms with Crippen molar-refractivity contribution in [3.8, 4) is 0 Å². The molecule has 0 amide bonds. The summed E-state index contributed by atoms with van der Waals surface area (Å²) in [6.45, 7) is 0.0858. The van der Waals surface area contributed by atoms with Crippen molar-refractivity contribution in [1.82, 2.24) is 9.97 Å². The Balaban J connectivity index is 1.97. The average Bonchev–Trinajstić information content (AvgIpc) is 2.89. The topological polar surface area (TPSA) is 49.2 Å². The molecule has 8 heteroatoms. The van der Waals surface area contributed by atoms with Gasteiger partial charge in [0.2, 0.25) is 5.95 Å². The summed E-state index contributed by atoms with van der Waals surface area (Å²) in [5.41, 5.74) is -0.496. The van der Waals surface area contributed by atoms with E-state index in [9.17, 15) is 22.7 Å². The number of hydrogen-bond donors (Lipinski definition) is 1. The van der Waals surface area contributed by atoms with Crippen molar-refractivity contribution in [2.24, 2.45) is 0 Å². The van der Waals surface area contributed by atoms with Crippen molar-refractivity contribution in [2.75, 3.05) is 11.4 Å². The number of rotatable bonds is 2. The molecular formula is C15H13F4N3O. The second-order valence-electron chi connectivity index (χ2n) is 5.35. The number of aliphatic hydroxyl groups excluding tert-OH is 1. The lowest BCUT2D eigenvalue weighted by atomic mass is 10.0. The Morgan fingerprint density at radius 1 is 1.22 bits per heavy atom. The van der Waals surface area contributed by atoms with Gasteiger partial charge >= 0.3 is 6.18 Å². The summed E-state index contributed by atoms with van der Waals surface area (Å²) < 4.78 is 51.8. The summed E-state index contributed by atoms with van der Waals surface area (Å²) in [7, 11) is 0. The molecule has 1 N–H and O–H groups in total. The van der Waals surface area contributed by atoms with E-state index in [1.54, 1.807) is 6.07 Å². The van der Waals surface area contributed by atoms with Crippen LogP contribution in [0.2, 0.25) is 0 Å². The molecule has 1 aliphatic heterocycles. The first-order valence-electron chi connectivity index (χ1n) is 6.95. The van der Waals surface area contributed by atoms with E-state index in [0.29, 0.717) is 5.56 Å². The molecule has 2 aromatic rings. The Morgan fingerprint density at radius 3 is 2.70 bits per heavy atom. The number of benzene rings is 1. The van der Waals surface area contributed by atoms with Crippen molar-refractivity contribution in [1.29, 1.82) is 0 Å². The van der Waals surface area contributed by atoms with Gasteiger partial charge in [0.1, 0.15) is 11.5 Å². The number of alkyl halides is 3. The van der Waals surface area contributed by atoms with Gasteiger partial charge in [-0.1, -0.05) is 12.1 Å². The largest absolute Gasteiger partial charge is 0.433 e. The highest BCUT2D eigenvalue weighted by Crippen LogP contribution is 2.36. The van der Waals surface area contributed by atoms with Crippen molar-refractivity contribution in [2.45, 2.75) is 24.7 Å². The van der Waals surface area contributed by atoms with Crippen LogP contribution in [0.15, 0.2) is 36.5 Å². The molecule has 0 radical (unpaired) electrons. The Morgan fingerprint density at radius 2 is 2.00 bits per heavy atom. The molecule has 0 saturated carbocycles. The average molecular weight is 327 g/mol. The second-order valence-corrected chi connectivity index (χ2v) is 5.35. The summed E-state index contributed by atoms with van der Waals surface area (Å²) in [6.07, 6.45) is -4.03. The van der Waals surface area contributed by atoms with Crippen LogP contribution in [0.4, 0.5) is 23.5 Å². The Kier molecular flexibility index (Phi) is 3.93. The van der Waals surface area contributed by atoms with Crippen molar-refractivity contribution >= 4 is 5.95 Å². The molecule has 2 atom stereocenters. The Labute approximate surface area is 129 Å². The molecule has 0 unspecified atom stereocenters. The van der Waals surface area contributed by atoms with E-state index in [2.05, 4.69) is 9.97 Å². The number of β-amino-alcohol motifs (C(OH)–C–C–N with tert-alkyl or cyclic N) is 1. The highest BCUT2D eigenvalue weighted by atomic mass is 19.4. The zero-order valence-corrected chi connectivity index (χ0v) is 11.8. The van der Waals surface area contributed by atoms with E-state index < -0.39 is 29.8 Å².